The minimum atomic E-state index is -4.75. The summed E-state index contributed by atoms with van der Waals surface area (Å²) < 4.78 is 46.1. The molecule has 0 saturated carbocycles. The van der Waals surface area contributed by atoms with E-state index >= 15 is 0 Å². The molecule has 2 aromatic heterocycles. The van der Waals surface area contributed by atoms with Gasteiger partial charge in [0.2, 0.25) is 11.7 Å². The molecule has 1 aromatic carbocycles. The maximum Gasteiger partial charge on any atom is 0.573 e. The third-order valence-electron chi connectivity index (χ3n) is 4.59. The quantitative estimate of drug-likeness (QED) is 0.696. The van der Waals surface area contributed by atoms with Gasteiger partial charge in [0.25, 0.3) is 0 Å². The molecule has 1 fully saturated rings. The monoisotopic (exact) mass is 406 g/mol. The molecule has 1 aliphatic rings. The van der Waals surface area contributed by atoms with E-state index in [2.05, 4.69) is 19.9 Å². The van der Waals surface area contributed by atoms with Gasteiger partial charge in [-0.05, 0) is 48.4 Å². The van der Waals surface area contributed by atoms with Gasteiger partial charge in [-0.3, -0.25) is 9.88 Å². The van der Waals surface area contributed by atoms with Crippen molar-refractivity contribution in [3.05, 3.63) is 60.2 Å². The largest absolute Gasteiger partial charge is 0.573 e. The fourth-order valence-electron chi connectivity index (χ4n) is 3.33. The molecule has 29 heavy (non-hydrogen) atoms. The molecule has 0 spiro atoms. The van der Waals surface area contributed by atoms with E-state index < -0.39 is 12.5 Å². The number of benzene rings is 1. The molecule has 1 aliphatic heterocycles. The highest BCUT2D eigenvalue weighted by Crippen LogP contribution is 2.34. The van der Waals surface area contributed by atoms with Gasteiger partial charge in [-0.15, -0.1) is 13.2 Å². The summed E-state index contributed by atoms with van der Waals surface area (Å²) in [5.41, 5.74) is 1.54. The average Bonchev–Trinajstić information content (AvgIpc) is 3.29. The first-order chi connectivity index (χ1) is 13.9. The second-order valence-corrected chi connectivity index (χ2v) is 6.72. The third-order valence-corrected chi connectivity index (χ3v) is 4.59. The molecule has 10 heteroatoms. The van der Waals surface area contributed by atoms with Crippen LogP contribution in [0.4, 0.5) is 13.2 Å². The minimum absolute atomic E-state index is 0.254. The van der Waals surface area contributed by atoms with Gasteiger partial charge in [0.15, 0.2) is 0 Å². The number of aliphatic hydroxyl groups excluding tert-OH is 1. The zero-order chi connectivity index (χ0) is 20.4. The van der Waals surface area contributed by atoms with Crippen LogP contribution in [0.5, 0.6) is 5.75 Å². The first kappa shape index (κ1) is 19.3. The molecular weight excluding hydrogens is 389 g/mol. The number of hydrogen-bond donors (Lipinski definition) is 1. The Labute approximate surface area is 163 Å². The van der Waals surface area contributed by atoms with E-state index in [0.717, 1.165) is 5.56 Å². The summed E-state index contributed by atoms with van der Waals surface area (Å²) in [5, 5.41) is 14.0. The normalized spacial score (nSPS) is 20.1. The summed E-state index contributed by atoms with van der Waals surface area (Å²) in [5.74, 6) is 0.275. The lowest BCUT2D eigenvalue weighted by Gasteiger charge is -2.20. The van der Waals surface area contributed by atoms with E-state index in [-0.39, 0.29) is 17.6 Å². The van der Waals surface area contributed by atoms with Crippen LogP contribution in [0.15, 0.2) is 53.3 Å². The standard InChI is InChI=1S/C19H17F3N4O3/c20-19(21,22)28-15-3-1-13(2-4-15)17-24-18(29-25-17)16-9-14(27)11-26(16)10-12-5-7-23-8-6-12/h1-8,14,16,27H,9-11H2. The van der Waals surface area contributed by atoms with E-state index in [1.807, 2.05) is 17.0 Å². The second kappa shape index (κ2) is 7.80. The number of aliphatic hydroxyl groups is 1. The van der Waals surface area contributed by atoms with E-state index in [4.69, 9.17) is 4.52 Å². The topological polar surface area (TPSA) is 84.5 Å². The van der Waals surface area contributed by atoms with Gasteiger partial charge >= 0.3 is 6.36 Å². The fraction of sp³-hybridized carbons (Fsp3) is 0.316. The molecule has 1 saturated heterocycles. The van der Waals surface area contributed by atoms with Gasteiger partial charge in [-0.1, -0.05) is 5.16 Å². The van der Waals surface area contributed by atoms with Crippen LogP contribution in [0.1, 0.15) is 23.9 Å². The van der Waals surface area contributed by atoms with Crippen molar-refractivity contribution in [1.82, 2.24) is 20.0 Å². The summed E-state index contributed by atoms with van der Waals surface area (Å²) >= 11 is 0. The Kier molecular flexibility index (Phi) is 5.20. The number of hydrogen-bond acceptors (Lipinski definition) is 7. The molecule has 0 aliphatic carbocycles. The van der Waals surface area contributed by atoms with Gasteiger partial charge in [0.1, 0.15) is 5.75 Å². The van der Waals surface area contributed by atoms with Crippen LogP contribution in [-0.2, 0) is 6.54 Å². The first-order valence-corrected chi connectivity index (χ1v) is 8.88. The van der Waals surface area contributed by atoms with Gasteiger partial charge in [-0.2, -0.15) is 4.98 Å². The number of alkyl halides is 3. The van der Waals surface area contributed by atoms with E-state index in [9.17, 15) is 18.3 Å². The van der Waals surface area contributed by atoms with Crippen molar-refractivity contribution in [3.63, 3.8) is 0 Å². The van der Waals surface area contributed by atoms with Crippen molar-refractivity contribution in [3.8, 4) is 17.1 Å². The lowest BCUT2D eigenvalue weighted by atomic mass is 10.2. The molecule has 2 atom stereocenters. The van der Waals surface area contributed by atoms with Crippen molar-refractivity contribution >= 4 is 0 Å². The molecule has 1 N–H and O–H groups in total. The molecule has 3 heterocycles. The molecule has 7 nitrogen and oxygen atoms in total. The number of β-amino-alcohol motifs (C(OH)–C–C–N with tert-alkyl or cyclic N) is 1. The Balaban J connectivity index is 1.50. The zero-order valence-electron chi connectivity index (χ0n) is 15.1. The molecule has 152 valence electrons. The summed E-state index contributed by atoms with van der Waals surface area (Å²) in [7, 11) is 0. The summed E-state index contributed by atoms with van der Waals surface area (Å²) in [6, 6.07) is 8.76. The number of nitrogens with zero attached hydrogens (tertiary/aromatic N) is 4. The predicted octanol–water partition coefficient (Wildman–Crippen LogP) is 3.34. The summed E-state index contributed by atoms with van der Waals surface area (Å²) in [6.07, 6.45) is -1.41. The third kappa shape index (κ3) is 4.72. The van der Waals surface area contributed by atoms with Gasteiger partial charge in [-0.25, -0.2) is 0 Å². The van der Waals surface area contributed by atoms with Crippen LogP contribution >= 0.6 is 0 Å². The lowest BCUT2D eigenvalue weighted by molar-refractivity contribution is -0.274. The van der Waals surface area contributed by atoms with E-state index in [0.29, 0.717) is 31.0 Å². The van der Waals surface area contributed by atoms with Crippen LogP contribution < -0.4 is 4.74 Å². The number of aromatic nitrogens is 3. The molecule has 4 rings (SSSR count). The van der Waals surface area contributed by atoms with Crippen LogP contribution in [0, 0.1) is 0 Å². The molecule has 0 amide bonds. The van der Waals surface area contributed by atoms with Crippen molar-refractivity contribution < 1.29 is 27.5 Å². The van der Waals surface area contributed by atoms with Crippen molar-refractivity contribution in [1.29, 1.82) is 0 Å². The number of halogens is 3. The van der Waals surface area contributed by atoms with Gasteiger partial charge < -0.3 is 14.4 Å². The molecular formula is C19H17F3N4O3. The van der Waals surface area contributed by atoms with Crippen LogP contribution in [0.25, 0.3) is 11.4 Å². The highest BCUT2D eigenvalue weighted by molar-refractivity contribution is 5.55. The number of ether oxygens (including phenoxy) is 1. The first-order valence-electron chi connectivity index (χ1n) is 8.88. The Morgan fingerprint density at radius 1 is 1.14 bits per heavy atom. The highest BCUT2D eigenvalue weighted by Gasteiger charge is 2.36. The Hall–Kier alpha value is -2.98. The van der Waals surface area contributed by atoms with Crippen LogP contribution in [0.3, 0.4) is 0 Å². The summed E-state index contributed by atoms with van der Waals surface area (Å²) in [4.78, 5) is 10.4. The molecule has 0 bridgehead atoms. The maximum absolute atomic E-state index is 12.3. The SMILES string of the molecule is OC1CC(c2nc(-c3ccc(OC(F)(F)F)cc3)no2)N(Cc2ccncc2)C1. The average molecular weight is 406 g/mol. The maximum atomic E-state index is 12.3. The Morgan fingerprint density at radius 2 is 1.86 bits per heavy atom. The van der Waals surface area contributed by atoms with Crippen LogP contribution in [0.2, 0.25) is 0 Å². The van der Waals surface area contributed by atoms with E-state index in [1.54, 1.807) is 12.4 Å². The highest BCUT2D eigenvalue weighted by atomic mass is 19.4. The Morgan fingerprint density at radius 3 is 2.55 bits per heavy atom. The van der Waals surface area contributed by atoms with Crippen molar-refractivity contribution in [2.75, 3.05) is 6.54 Å². The van der Waals surface area contributed by atoms with Gasteiger partial charge in [0, 0.05) is 31.0 Å². The van der Waals surface area contributed by atoms with Gasteiger partial charge in [0.05, 0.1) is 12.1 Å². The number of likely N-dealkylation sites (tertiary alicyclic amines) is 1. The lowest BCUT2D eigenvalue weighted by Crippen LogP contribution is -2.24. The second-order valence-electron chi connectivity index (χ2n) is 6.72. The van der Waals surface area contributed by atoms with Crippen LogP contribution in [-0.4, -0.2) is 44.1 Å². The number of pyridine rings is 1. The van der Waals surface area contributed by atoms with E-state index in [1.165, 1.54) is 24.3 Å². The minimum Gasteiger partial charge on any atom is -0.406 e. The fourth-order valence-corrected chi connectivity index (χ4v) is 3.33. The molecule has 0 radical (unpaired) electrons. The zero-order valence-corrected chi connectivity index (χ0v) is 15.1. The Bertz CT molecular complexity index is 947. The van der Waals surface area contributed by atoms with Crippen molar-refractivity contribution in [2.45, 2.75) is 31.5 Å². The smallest absolute Gasteiger partial charge is 0.406 e. The van der Waals surface area contributed by atoms with Crippen molar-refractivity contribution in [2.24, 2.45) is 0 Å². The predicted molar refractivity (Wildman–Crippen MR) is 94.4 cm³/mol. The summed E-state index contributed by atoms with van der Waals surface area (Å²) in [6.45, 7) is 1.06. The molecule has 2 unspecified atom stereocenters. The molecule has 3 aromatic rings. The number of rotatable bonds is 5.